The fourth-order valence-electron chi connectivity index (χ4n) is 1.72. The molecule has 1 rings (SSSR count). The molecule has 21 heavy (non-hydrogen) atoms. The molecule has 1 aromatic rings. The van der Waals surface area contributed by atoms with E-state index in [1.54, 1.807) is 6.08 Å². The molecule has 0 N–H and O–H groups in total. The van der Waals surface area contributed by atoms with Gasteiger partial charge in [0.05, 0.1) is 7.11 Å². The lowest BCUT2D eigenvalue weighted by Crippen LogP contribution is -2.34. The minimum Gasteiger partial charge on any atom is -0.468 e. The second-order valence-corrected chi connectivity index (χ2v) is 4.75. The van der Waals surface area contributed by atoms with Gasteiger partial charge in [0.15, 0.2) is 0 Å². The van der Waals surface area contributed by atoms with Gasteiger partial charge in [-0.2, -0.15) is 0 Å². The summed E-state index contributed by atoms with van der Waals surface area (Å²) in [7, 11) is 5.25. The van der Waals surface area contributed by atoms with Gasteiger partial charge >= 0.3 is 5.97 Å². The molecule has 114 valence electrons. The average molecular weight is 290 g/mol. The molecule has 1 amide bonds. The molecule has 0 aliphatic rings. The quantitative estimate of drug-likeness (QED) is 0.592. The number of hydrogen-bond acceptors (Lipinski definition) is 4. The van der Waals surface area contributed by atoms with E-state index in [1.807, 2.05) is 50.2 Å². The maximum Gasteiger partial charge on any atom is 0.325 e. The zero-order valence-electron chi connectivity index (χ0n) is 13.0. The molecule has 0 spiro atoms. The van der Waals surface area contributed by atoms with E-state index in [2.05, 4.69) is 4.74 Å². The van der Waals surface area contributed by atoms with Gasteiger partial charge in [0.2, 0.25) is 5.91 Å². The van der Waals surface area contributed by atoms with E-state index in [0.29, 0.717) is 6.54 Å². The lowest BCUT2D eigenvalue weighted by atomic mass is 10.2. The average Bonchev–Trinajstić information content (AvgIpc) is 2.50. The molecule has 5 heteroatoms. The third kappa shape index (κ3) is 5.30. The molecule has 0 saturated heterocycles. The van der Waals surface area contributed by atoms with Gasteiger partial charge in [-0.1, -0.05) is 12.1 Å². The first-order valence-electron chi connectivity index (χ1n) is 6.79. The van der Waals surface area contributed by atoms with Crippen molar-refractivity contribution in [3.8, 4) is 0 Å². The normalized spacial score (nSPS) is 10.5. The van der Waals surface area contributed by atoms with E-state index in [9.17, 15) is 9.59 Å². The van der Waals surface area contributed by atoms with Crippen LogP contribution in [0.15, 0.2) is 30.3 Å². The smallest absolute Gasteiger partial charge is 0.325 e. The summed E-state index contributed by atoms with van der Waals surface area (Å²) < 4.78 is 4.57. The van der Waals surface area contributed by atoms with Crippen LogP contribution in [0.2, 0.25) is 0 Å². The lowest BCUT2D eigenvalue weighted by Gasteiger charge is -2.17. The highest BCUT2D eigenvalue weighted by atomic mass is 16.5. The fourth-order valence-corrected chi connectivity index (χ4v) is 1.72. The number of hydrogen-bond donors (Lipinski definition) is 0. The number of amides is 1. The summed E-state index contributed by atoms with van der Waals surface area (Å²) in [5, 5.41) is 0. The van der Waals surface area contributed by atoms with E-state index in [4.69, 9.17) is 0 Å². The van der Waals surface area contributed by atoms with Crippen LogP contribution in [0.1, 0.15) is 12.5 Å². The summed E-state index contributed by atoms with van der Waals surface area (Å²) in [6.07, 6.45) is 3.21. The molecular weight excluding hydrogens is 268 g/mol. The Morgan fingerprint density at radius 3 is 2.29 bits per heavy atom. The molecular formula is C16H22N2O3. The Morgan fingerprint density at radius 2 is 1.81 bits per heavy atom. The number of anilines is 1. The van der Waals surface area contributed by atoms with Crippen molar-refractivity contribution in [2.24, 2.45) is 0 Å². The minimum atomic E-state index is -0.422. The zero-order valence-corrected chi connectivity index (χ0v) is 13.0. The van der Waals surface area contributed by atoms with Gasteiger partial charge in [-0.3, -0.25) is 9.59 Å². The number of nitrogens with zero attached hydrogens (tertiary/aromatic N) is 2. The third-order valence-electron chi connectivity index (χ3n) is 3.07. The summed E-state index contributed by atoms with van der Waals surface area (Å²) in [4.78, 5) is 26.6. The molecule has 0 aliphatic carbocycles. The van der Waals surface area contributed by atoms with Crippen LogP contribution < -0.4 is 4.90 Å². The molecule has 0 fully saturated rings. The Morgan fingerprint density at radius 1 is 1.19 bits per heavy atom. The number of carbonyl (C=O) groups is 2. The van der Waals surface area contributed by atoms with E-state index in [-0.39, 0.29) is 12.5 Å². The molecule has 0 heterocycles. The van der Waals surface area contributed by atoms with Crippen LogP contribution in [-0.4, -0.2) is 51.1 Å². The predicted molar refractivity (Wildman–Crippen MR) is 84.1 cm³/mol. The fraction of sp³-hybridized carbons (Fsp3) is 0.375. The van der Waals surface area contributed by atoms with Crippen molar-refractivity contribution >= 4 is 23.6 Å². The second-order valence-electron chi connectivity index (χ2n) is 4.75. The van der Waals surface area contributed by atoms with Crippen molar-refractivity contribution in [3.05, 3.63) is 35.9 Å². The van der Waals surface area contributed by atoms with Crippen LogP contribution in [-0.2, 0) is 14.3 Å². The molecule has 0 bridgehead atoms. The summed E-state index contributed by atoms with van der Waals surface area (Å²) in [5.41, 5.74) is 2.03. The van der Waals surface area contributed by atoms with Crippen LogP contribution in [0.4, 0.5) is 5.69 Å². The molecule has 0 unspecified atom stereocenters. The Balaban J connectivity index is 2.69. The first kappa shape index (κ1) is 16.8. The maximum absolute atomic E-state index is 12.0. The second kappa shape index (κ2) is 8.09. The number of ether oxygens (including phenoxy) is 1. The van der Waals surface area contributed by atoms with Crippen molar-refractivity contribution < 1.29 is 14.3 Å². The first-order valence-corrected chi connectivity index (χ1v) is 6.79. The van der Waals surface area contributed by atoms with E-state index in [0.717, 1.165) is 11.3 Å². The van der Waals surface area contributed by atoms with Crippen molar-refractivity contribution in [2.75, 3.05) is 39.2 Å². The molecule has 0 radical (unpaired) electrons. The highest BCUT2D eigenvalue weighted by Crippen LogP contribution is 2.13. The number of benzene rings is 1. The van der Waals surface area contributed by atoms with E-state index in [1.165, 1.54) is 18.1 Å². The summed E-state index contributed by atoms with van der Waals surface area (Å²) in [6, 6.07) is 7.85. The van der Waals surface area contributed by atoms with Crippen LogP contribution in [0, 0.1) is 0 Å². The first-order chi connectivity index (χ1) is 9.97. The molecule has 5 nitrogen and oxygen atoms in total. The highest BCUT2D eigenvalue weighted by Gasteiger charge is 2.12. The van der Waals surface area contributed by atoms with E-state index >= 15 is 0 Å². The maximum atomic E-state index is 12.0. The summed E-state index contributed by atoms with van der Waals surface area (Å²) in [6.45, 7) is 2.24. The van der Waals surface area contributed by atoms with Crippen molar-refractivity contribution in [1.29, 1.82) is 0 Å². The van der Waals surface area contributed by atoms with Gasteiger partial charge in [-0.25, -0.2) is 0 Å². The summed E-state index contributed by atoms with van der Waals surface area (Å²) in [5.74, 6) is -0.631. The van der Waals surface area contributed by atoms with Crippen molar-refractivity contribution in [3.63, 3.8) is 0 Å². The lowest BCUT2D eigenvalue weighted by molar-refractivity contribution is -0.145. The molecule has 1 aromatic carbocycles. The number of likely N-dealkylation sites (N-methyl/N-ethyl adjacent to an activating group) is 1. The third-order valence-corrected chi connectivity index (χ3v) is 3.07. The van der Waals surface area contributed by atoms with Gasteiger partial charge in [0.25, 0.3) is 0 Å². The van der Waals surface area contributed by atoms with Gasteiger partial charge in [0.1, 0.15) is 6.54 Å². The topological polar surface area (TPSA) is 49.9 Å². The summed E-state index contributed by atoms with van der Waals surface area (Å²) >= 11 is 0. The van der Waals surface area contributed by atoms with Crippen LogP contribution in [0.5, 0.6) is 0 Å². The SMILES string of the molecule is CCN(CC(=O)OC)C(=O)C=Cc1ccc(N(C)C)cc1. The van der Waals surface area contributed by atoms with Crippen molar-refractivity contribution in [2.45, 2.75) is 6.92 Å². The van der Waals surface area contributed by atoms with E-state index < -0.39 is 5.97 Å². The standard InChI is InChI=1S/C16H22N2O3/c1-5-18(12-16(20)21-4)15(19)11-8-13-6-9-14(10-7-13)17(2)3/h6-11H,5,12H2,1-4H3. The van der Waals surface area contributed by atoms with Gasteiger partial charge in [-0.15, -0.1) is 0 Å². The van der Waals surface area contributed by atoms with Gasteiger partial charge < -0.3 is 14.5 Å². The molecule has 0 aromatic heterocycles. The van der Waals surface area contributed by atoms with Gasteiger partial charge in [0, 0.05) is 32.4 Å². The Bertz CT molecular complexity index is 507. The number of rotatable bonds is 6. The van der Waals surface area contributed by atoms with Crippen molar-refractivity contribution in [1.82, 2.24) is 4.90 Å². The largest absolute Gasteiger partial charge is 0.468 e. The van der Waals surface area contributed by atoms with Crippen LogP contribution in [0.25, 0.3) is 6.08 Å². The number of carbonyl (C=O) groups excluding carboxylic acids is 2. The minimum absolute atomic E-state index is 0.0320. The monoisotopic (exact) mass is 290 g/mol. The Hall–Kier alpha value is -2.30. The molecule has 0 saturated carbocycles. The molecule has 0 atom stereocenters. The van der Waals surface area contributed by atoms with Gasteiger partial charge in [-0.05, 0) is 30.7 Å². The predicted octanol–water partition coefficient (Wildman–Crippen LogP) is 1.79. The Labute approximate surface area is 125 Å². The molecule has 0 aliphatic heterocycles. The Kier molecular flexibility index (Phi) is 6.46. The zero-order chi connectivity index (χ0) is 15.8. The highest BCUT2D eigenvalue weighted by molar-refractivity contribution is 5.93. The number of methoxy groups -OCH3 is 1. The van der Waals surface area contributed by atoms with Crippen LogP contribution in [0.3, 0.4) is 0 Å². The van der Waals surface area contributed by atoms with Crippen LogP contribution >= 0.6 is 0 Å². The number of esters is 1.